The molecule has 2 aromatic carbocycles. The van der Waals surface area contributed by atoms with E-state index >= 15 is 0 Å². The van der Waals surface area contributed by atoms with E-state index < -0.39 is 0 Å². The summed E-state index contributed by atoms with van der Waals surface area (Å²) in [4.78, 5) is 13.9. The minimum Gasteiger partial charge on any atom is -0.334 e. The Morgan fingerprint density at radius 2 is 1.83 bits per heavy atom. The Balaban J connectivity index is 1.44. The highest BCUT2D eigenvalue weighted by atomic mass is 32.1. The van der Waals surface area contributed by atoms with Crippen molar-refractivity contribution in [2.24, 2.45) is 0 Å². The van der Waals surface area contributed by atoms with E-state index in [4.69, 9.17) is 0 Å². The van der Waals surface area contributed by atoms with Crippen LogP contribution in [0.3, 0.4) is 0 Å². The second-order valence-corrected chi connectivity index (χ2v) is 8.14. The van der Waals surface area contributed by atoms with Crippen LogP contribution in [0.5, 0.6) is 0 Å². The van der Waals surface area contributed by atoms with Gasteiger partial charge in [0.15, 0.2) is 0 Å². The van der Waals surface area contributed by atoms with E-state index in [-0.39, 0.29) is 12.1 Å². The maximum atomic E-state index is 12.8. The first-order chi connectivity index (χ1) is 14.7. The molecule has 6 heteroatoms. The highest BCUT2D eigenvalue weighted by molar-refractivity contribution is 7.10. The largest absolute Gasteiger partial charge is 0.334 e. The van der Waals surface area contributed by atoms with Crippen molar-refractivity contribution in [3.05, 3.63) is 112 Å². The van der Waals surface area contributed by atoms with Crippen LogP contribution in [0.1, 0.15) is 33.2 Å². The molecule has 0 aliphatic heterocycles. The molecule has 30 heavy (non-hydrogen) atoms. The molecule has 0 radical (unpaired) electrons. The van der Waals surface area contributed by atoms with Crippen LogP contribution in [0.2, 0.25) is 0 Å². The van der Waals surface area contributed by atoms with Gasteiger partial charge in [0.05, 0.1) is 12.6 Å². The van der Waals surface area contributed by atoms with E-state index in [0.717, 1.165) is 21.6 Å². The van der Waals surface area contributed by atoms with Crippen molar-refractivity contribution in [3.8, 4) is 0 Å². The third kappa shape index (κ3) is 4.96. The van der Waals surface area contributed by atoms with Crippen LogP contribution in [0.4, 0.5) is 4.79 Å². The molecular formula is C24H24N4OS. The molecular weight excluding hydrogens is 392 g/mol. The Bertz CT molecular complexity index is 1070. The van der Waals surface area contributed by atoms with Crippen molar-refractivity contribution in [3.63, 3.8) is 0 Å². The number of nitrogens with zero attached hydrogens (tertiary/aromatic N) is 2. The zero-order valence-electron chi connectivity index (χ0n) is 16.8. The predicted octanol–water partition coefficient (Wildman–Crippen LogP) is 4.89. The van der Waals surface area contributed by atoms with E-state index in [1.165, 1.54) is 5.56 Å². The summed E-state index contributed by atoms with van der Waals surface area (Å²) in [5.41, 5.74) is 4.47. The van der Waals surface area contributed by atoms with Crippen LogP contribution in [-0.2, 0) is 13.1 Å². The van der Waals surface area contributed by atoms with Gasteiger partial charge in [-0.1, -0.05) is 60.2 Å². The van der Waals surface area contributed by atoms with Crippen molar-refractivity contribution in [2.45, 2.75) is 26.1 Å². The van der Waals surface area contributed by atoms with Crippen LogP contribution in [-0.4, -0.2) is 15.8 Å². The summed E-state index contributed by atoms with van der Waals surface area (Å²) in [5.74, 6) is 0. The lowest BCUT2D eigenvalue weighted by Crippen LogP contribution is -2.38. The normalized spacial score (nSPS) is 11.8. The molecule has 0 aliphatic carbocycles. The number of nitrogens with one attached hydrogen (secondary N) is 2. The lowest BCUT2D eigenvalue weighted by Gasteiger charge is -2.19. The molecule has 5 nitrogen and oxygen atoms in total. The van der Waals surface area contributed by atoms with E-state index in [2.05, 4.69) is 59.1 Å². The van der Waals surface area contributed by atoms with Crippen LogP contribution < -0.4 is 10.6 Å². The van der Waals surface area contributed by atoms with Crippen molar-refractivity contribution >= 4 is 17.4 Å². The number of aryl methyl sites for hydroxylation is 1. The van der Waals surface area contributed by atoms with Crippen LogP contribution in [0.15, 0.2) is 84.5 Å². The Hall–Kier alpha value is -3.38. The third-order valence-electron chi connectivity index (χ3n) is 4.96. The van der Waals surface area contributed by atoms with Crippen molar-refractivity contribution in [2.75, 3.05) is 0 Å². The lowest BCUT2D eigenvalue weighted by molar-refractivity contribution is 0.238. The minimum atomic E-state index is -0.192. The smallest absolute Gasteiger partial charge is 0.315 e. The first kappa shape index (κ1) is 19.9. The highest BCUT2D eigenvalue weighted by Crippen LogP contribution is 2.26. The number of hydrogen-bond donors (Lipinski definition) is 2. The van der Waals surface area contributed by atoms with Gasteiger partial charge in [0.25, 0.3) is 0 Å². The zero-order valence-corrected chi connectivity index (χ0v) is 17.6. The SMILES string of the molecule is Cc1ccc([C@H](NC(=O)NCc2ccccc2Cn2cccn2)c2cccs2)cc1. The monoisotopic (exact) mass is 416 g/mol. The number of rotatable bonds is 7. The summed E-state index contributed by atoms with van der Waals surface area (Å²) in [6.45, 7) is 3.19. The molecule has 4 rings (SSSR count). The molecule has 2 N–H and O–H groups in total. The van der Waals surface area contributed by atoms with E-state index in [9.17, 15) is 4.79 Å². The number of benzene rings is 2. The predicted molar refractivity (Wildman–Crippen MR) is 120 cm³/mol. The third-order valence-corrected chi connectivity index (χ3v) is 5.90. The molecule has 0 fully saturated rings. The van der Waals surface area contributed by atoms with Gasteiger partial charge >= 0.3 is 6.03 Å². The van der Waals surface area contributed by atoms with Gasteiger partial charge in [0.2, 0.25) is 0 Å². The molecule has 0 unspecified atom stereocenters. The van der Waals surface area contributed by atoms with Crippen LogP contribution >= 0.6 is 11.3 Å². The topological polar surface area (TPSA) is 59.0 Å². The molecule has 4 aromatic rings. The fourth-order valence-corrected chi connectivity index (χ4v) is 4.15. The number of carbonyl (C=O) groups excluding carboxylic acids is 1. The summed E-state index contributed by atoms with van der Waals surface area (Å²) in [6, 6.07) is 22.0. The second-order valence-electron chi connectivity index (χ2n) is 7.16. The van der Waals surface area contributed by atoms with Gasteiger partial charge in [-0.25, -0.2) is 4.79 Å². The number of urea groups is 1. The molecule has 2 aromatic heterocycles. The molecule has 0 saturated heterocycles. The van der Waals surface area contributed by atoms with Gasteiger partial charge in [-0.2, -0.15) is 5.10 Å². The molecule has 2 heterocycles. The fourth-order valence-electron chi connectivity index (χ4n) is 3.34. The van der Waals surface area contributed by atoms with Gasteiger partial charge in [0.1, 0.15) is 0 Å². The summed E-state index contributed by atoms with van der Waals surface area (Å²) < 4.78 is 1.88. The molecule has 0 spiro atoms. The summed E-state index contributed by atoms with van der Waals surface area (Å²) in [6.07, 6.45) is 3.70. The molecule has 2 amide bonds. The molecule has 1 atom stereocenters. The Morgan fingerprint density at radius 3 is 2.53 bits per heavy atom. The zero-order chi connectivity index (χ0) is 20.8. The maximum absolute atomic E-state index is 12.8. The average Bonchev–Trinajstić information content (AvgIpc) is 3.47. The number of hydrogen-bond acceptors (Lipinski definition) is 3. The molecule has 0 saturated carbocycles. The number of amides is 2. The quantitative estimate of drug-likeness (QED) is 0.451. The Labute approximate surface area is 180 Å². The van der Waals surface area contributed by atoms with Gasteiger partial charge in [-0.05, 0) is 41.1 Å². The van der Waals surface area contributed by atoms with Crippen molar-refractivity contribution < 1.29 is 4.79 Å². The number of thiophene rings is 1. The van der Waals surface area contributed by atoms with E-state index in [1.54, 1.807) is 17.5 Å². The summed E-state index contributed by atoms with van der Waals surface area (Å²) in [7, 11) is 0. The maximum Gasteiger partial charge on any atom is 0.315 e. The highest BCUT2D eigenvalue weighted by Gasteiger charge is 2.18. The van der Waals surface area contributed by atoms with E-state index in [1.807, 2.05) is 46.6 Å². The second kappa shape index (κ2) is 9.41. The van der Waals surface area contributed by atoms with Crippen LogP contribution in [0.25, 0.3) is 0 Å². The first-order valence-corrected chi connectivity index (χ1v) is 10.8. The number of aromatic nitrogens is 2. The minimum absolute atomic E-state index is 0.176. The van der Waals surface area contributed by atoms with Gasteiger partial charge in [-0.3, -0.25) is 4.68 Å². The average molecular weight is 417 g/mol. The van der Waals surface area contributed by atoms with Gasteiger partial charge in [0, 0.05) is 23.8 Å². The first-order valence-electron chi connectivity index (χ1n) is 9.87. The van der Waals surface area contributed by atoms with Crippen molar-refractivity contribution in [1.82, 2.24) is 20.4 Å². The number of carbonyl (C=O) groups is 1. The molecule has 0 aliphatic rings. The fraction of sp³-hybridized carbons (Fsp3) is 0.167. The van der Waals surface area contributed by atoms with Gasteiger partial charge < -0.3 is 10.6 Å². The van der Waals surface area contributed by atoms with E-state index in [0.29, 0.717) is 13.1 Å². The standard InChI is InChI=1S/C24H24N4OS/c1-18-9-11-19(12-10-18)23(22-8-4-15-30-22)27-24(29)25-16-20-6-2-3-7-21(20)17-28-14-5-13-26-28/h2-15,23H,16-17H2,1H3,(H2,25,27,29)/t23-/m0/s1. The lowest BCUT2D eigenvalue weighted by atomic mass is 10.0. The Kier molecular flexibility index (Phi) is 6.25. The summed E-state index contributed by atoms with van der Waals surface area (Å²) >= 11 is 1.64. The summed E-state index contributed by atoms with van der Waals surface area (Å²) in [5, 5.41) is 12.5. The molecule has 0 bridgehead atoms. The van der Waals surface area contributed by atoms with Crippen molar-refractivity contribution in [1.29, 1.82) is 0 Å². The Morgan fingerprint density at radius 1 is 1.03 bits per heavy atom. The van der Waals surface area contributed by atoms with Crippen LogP contribution in [0, 0.1) is 6.92 Å². The molecule has 152 valence electrons. The van der Waals surface area contributed by atoms with Gasteiger partial charge in [-0.15, -0.1) is 11.3 Å².